The zero-order valence-electron chi connectivity index (χ0n) is 11.0. The number of nitrogens with one attached hydrogen (secondary N) is 1. The molecular weight excluding hydrogens is 304 g/mol. The summed E-state index contributed by atoms with van der Waals surface area (Å²) in [5, 5.41) is 30.1. The molecule has 0 saturated heterocycles. The lowest BCUT2D eigenvalue weighted by Gasteiger charge is -1.98. The number of aliphatic hydroxyl groups is 1. The van der Waals surface area contributed by atoms with Crippen molar-refractivity contribution in [3.05, 3.63) is 57.2 Å². The van der Waals surface area contributed by atoms with Gasteiger partial charge in [0.2, 0.25) is 0 Å². The predicted molar refractivity (Wildman–Crippen MR) is 82.1 cm³/mol. The van der Waals surface area contributed by atoms with E-state index in [0.29, 0.717) is 5.52 Å². The lowest BCUT2D eigenvalue weighted by molar-refractivity contribution is -0.380. The van der Waals surface area contributed by atoms with Gasteiger partial charge in [-0.2, -0.15) is 5.26 Å². The van der Waals surface area contributed by atoms with Crippen LogP contribution in [0.5, 0.6) is 0 Å². The molecule has 0 aliphatic carbocycles. The molecule has 0 radical (unpaired) electrons. The first-order chi connectivity index (χ1) is 10.6. The van der Waals surface area contributed by atoms with Crippen LogP contribution in [0.2, 0.25) is 0 Å². The molecule has 0 bridgehead atoms. The van der Waals surface area contributed by atoms with Gasteiger partial charge in [0.05, 0.1) is 20.8 Å². The molecule has 22 heavy (non-hydrogen) atoms. The monoisotopic (exact) mass is 312 g/mol. The maximum absolute atomic E-state index is 10.7. The van der Waals surface area contributed by atoms with Gasteiger partial charge in [0.1, 0.15) is 11.6 Å². The summed E-state index contributed by atoms with van der Waals surface area (Å²) in [5.74, 6) is -0.114. The molecule has 0 amide bonds. The zero-order valence-corrected chi connectivity index (χ0v) is 11.8. The van der Waals surface area contributed by atoms with E-state index in [9.17, 15) is 20.5 Å². The minimum atomic E-state index is -0.547. The van der Waals surface area contributed by atoms with Crippen LogP contribution in [0.25, 0.3) is 22.4 Å². The summed E-state index contributed by atoms with van der Waals surface area (Å²) in [6.45, 7) is 0. The molecule has 8 heteroatoms. The number of hydrogen-bond acceptors (Lipinski definition) is 6. The first-order valence-electron chi connectivity index (χ1n) is 6.13. The van der Waals surface area contributed by atoms with Gasteiger partial charge in [-0.05, 0) is 18.2 Å². The zero-order chi connectivity index (χ0) is 15.7. The maximum Gasteiger partial charge on any atom is 0.324 e. The maximum atomic E-state index is 10.7. The van der Waals surface area contributed by atoms with Crippen LogP contribution in [0.3, 0.4) is 0 Å². The molecule has 7 nitrogen and oxygen atoms in total. The molecule has 3 aromatic rings. The lowest BCUT2D eigenvalue weighted by atomic mass is 10.2. The van der Waals surface area contributed by atoms with Crippen LogP contribution in [-0.4, -0.2) is 20.0 Å². The fourth-order valence-electron chi connectivity index (χ4n) is 1.97. The molecule has 0 aliphatic heterocycles. The molecule has 0 spiro atoms. The SMILES string of the molecule is N#C/C(=C(\O)c1ccc([N+](=O)[O-])s1)c1nc2ccccc2[nH]1. The van der Waals surface area contributed by atoms with Crippen LogP contribution in [-0.2, 0) is 0 Å². The third-order valence-electron chi connectivity index (χ3n) is 2.98. The fraction of sp³-hybridized carbons (Fsp3) is 0. The lowest BCUT2D eigenvalue weighted by Crippen LogP contribution is -1.90. The number of allylic oxidation sites excluding steroid dienone is 1. The van der Waals surface area contributed by atoms with Gasteiger partial charge in [-0.1, -0.05) is 23.5 Å². The molecule has 108 valence electrons. The standard InChI is InChI=1S/C14H8N4O3S/c15-7-8(13(19)11-5-6-12(22-11)18(20)21)14-16-9-3-1-2-4-10(9)17-14/h1-6,19H,(H,16,17)/b13-8+. The Kier molecular flexibility index (Phi) is 3.33. The van der Waals surface area contributed by atoms with E-state index in [1.807, 2.05) is 18.2 Å². The Morgan fingerprint density at radius 2 is 2.14 bits per heavy atom. The van der Waals surface area contributed by atoms with Gasteiger partial charge in [0.25, 0.3) is 0 Å². The first kappa shape index (κ1) is 13.8. The van der Waals surface area contributed by atoms with Gasteiger partial charge >= 0.3 is 5.00 Å². The number of rotatable bonds is 3. The molecule has 3 rings (SSSR count). The van der Waals surface area contributed by atoms with Crippen LogP contribution >= 0.6 is 11.3 Å². The summed E-state index contributed by atoms with van der Waals surface area (Å²) >= 11 is 0.795. The Morgan fingerprint density at radius 3 is 2.77 bits per heavy atom. The molecule has 0 aliphatic rings. The van der Waals surface area contributed by atoms with Crippen LogP contribution in [0, 0.1) is 21.4 Å². The highest BCUT2D eigenvalue weighted by molar-refractivity contribution is 7.16. The molecule has 0 atom stereocenters. The number of para-hydroxylation sites is 2. The van der Waals surface area contributed by atoms with Crippen LogP contribution < -0.4 is 0 Å². The van der Waals surface area contributed by atoms with Gasteiger partial charge in [0, 0.05) is 6.07 Å². The number of thiophene rings is 1. The number of imidazole rings is 1. The van der Waals surface area contributed by atoms with E-state index in [-0.39, 0.29) is 27.0 Å². The molecule has 0 saturated carbocycles. The highest BCUT2D eigenvalue weighted by Crippen LogP contribution is 2.32. The van der Waals surface area contributed by atoms with Gasteiger partial charge in [-0.15, -0.1) is 0 Å². The number of nitriles is 1. The molecule has 2 N–H and O–H groups in total. The number of aliphatic hydroxyl groups excluding tert-OH is 1. The largest absolute Gasteiger partial charge is 0.505 e. The number of benzene rings is 1. The average Bonchev–Trinajstić information content (AvgIpc) is 3.14. The van der Waals surface area contributed by atoms with Crippen molar-refractivity contribution in [1.82, 2.24) is 9.97 Å². The van der Waals surface area contributed by atoms with E-state index in [0.717, 1.165) is 16.9 Å². The number of nitrogens with zero attached hydrogens (tertiary/aromatic N) is 3. The van der Waals surface area contributed by atoms with Crippen LogP contribution in [0.1, 0.15) is 10.7 Å². The predicted octanol–water partition coefficient (Wildman–Crippen LogP) is 3.48. The van der Waals surface area contributed by atoms with E-state index >= 15 is 0 Å². The van der Waals surface area contributed by atoms with Crippen molar-refractivity contribution in [3.63, 3.8) is 0 Å². The average molecular weight is 312 g/mol. The van der Waals surface area contributed by atoms with E-state index in [2.05, 4.69) is 9.97 Å². The topological polar surface area (TPSA) is 116 Å². The molecule has 0 unspecified atom stereocenters. The number of H-pyrrole nitrogens is 1. The Morgan fingerprint density at radius 1 is 1.36 bits per heavy atom. The summed E-state index contributed by atoms with van der Waals surface area (Å²) in [4.78, 5) is 17.6. The number of hydrogen-bond donors (Lipinski definition) is 2. The number of aromatic nitrogens is 2. The van der Waals surface area contributed by atoms with Gasteiger partial charge < -0.3 is 10.1 Å². The summed E-state index contributed by atoms with van der Waals surface area (Å²) in [6, 6.07) is 11.8. The molecule has 2 heterocycles. The van der Waals surface area contributed by atoms with Gasteiger partial charge in [0.15, 0.2) is 11.6 Å². The first-order valence-corrected chi connectivity index (χ1v) is 6.95. The molecule has 2 aromatic heterocycles. The second-order valence-electron chi connectivity index (χ2n) is 4.33. The number of fused-ring (bicyclic) bond motifs is 1. The summed E-state index contributed by atoms with van der Waals surface area (Å²) in [5.41, 5.74) is 1.33. The van der Waals surface area contributed by atoms with Gasteiger partial charge in [-0.25, -0.2) is 4.98 Å². The minimum absolute atomic E-state index is 0.0621. The van der Waals surface area contributed by atoms with Crippen molar-refractivity contribution in [2.45, 2.75) is 0 Å². The Labute approximate surface area is 127 Å². The highest BCUT2D eigenvalue weighted by atomic mass is 32.1. The van der Waals surface area contributed by atoms with Crippen molar-refractivity contribution in [2.24, 2.45) is 0 Å². The van der Waals surface area contributed by atoms with Crippen molar-refractivity contribution in [3.8, 4) is 6.07 Å². The van der Waals surface area contributed by atoms with Crippen LogP contribution in [0.15, 0.2) is 36.4 Å². The van der Waals surface area contributed by atoms with E-state index in [4.69, 9.17) is 0 Å². The molecule has 0 fully saturated rings. The Hall–Kier alpha value is -3.18. The summed E-state index contributed by atoms with van der Waals surface area (Å²) in [7, 11) is 0. The second-order valence-corrected chi connectivity index (χ2v) is 5.40. The van der Waals surface area contributed by atoms with Crippen molar-refractivity contribution >= 4 is 38.7 Å². The fourth-order valence-corrected chi connectivity index (χ4v) is 2.74. The normalized spacial score (nSPS) is 12.0. The number of nitro groups is 1. The van der Waals surface area contributed by atoms with Crippen molar-refractivity contribution in [1.29, 1.82) is 5.26 Å². The van der Waals surface area contributed by atoms with Crippen molar-refractivity contribution < 1.29 is 10.0 Å². The van der Waals surface area contributed by atoms with E-state index in [1.165, 1.54) is 12.1 Å². The minimum Gasteiger partial charge on any atom is -0.505 e. The third kappa shape index (κ3) is 2.30. The van der Waals surface area contributed by atoms with Crippen molar-refractivity contribution in [2.75, 3.05) is 0 Å². The summed E-state index contributed by atoms with van der Waals surface area (Å²) in [6.07, 6.45) is 0. The van der Waals surface area contributed by atoms with Gasteiger partial charge in [-0.3, -0.25) is 10.1 Å². The summed E-state index contributed by atoms with van der Waals surface area (Å²) < 4.78 is 0. The van der Waals surface area contributed by atoms with Crippen LogP contribution in [0.4, 0.5) is 5.00 Å². The Balaban J connectivity index is 2.11. The van der Waals surface area contributed by atoms with E-state index < -0.39 is 4.92 Å². The second kappa shape index (κ2) is 5.31. The number of aromatic amines is 1. The smallest absolute Gasteiger partial charge is 0.324 e. The highest BCUT2D eigenvalue weighted by Gasteiger charge is 2.18. The molecule has 1 aromatic carbocycles. The quantitative estimate of drug-likeness (QED) is 0.332. The van der Waals surface area contributed by atoms with E-state index in [1.54, 1.807) is 12.1 Å². The molecular formula is C14H8N4O3S. The third-order valence-corrected chi connectivity index (χ3v) is 4.02. The Bertz CT molecular complexity index is 915.